The van der Waals surface area contributed by atoms with Crippen LogP contribution in [0, 0.1) is 5.82 Å². The Bertz CT molecular complexity index is 416. The molecule has 0 bridgehead atoms. The van der Waals surface area contributed by atoms with E-state index in [0.717, 1.165) is 25.9 Å². The van der Waals surface area contributed by atoms with Gasteiger partial charge in [-0.2, -0.15) is 0 Å². The molecule has 1 amide bonds. The van der Waals surface area contributed by atoms with E-state index in [1.165, 1.54) is 6.07 Å². The van der Waals surface area contributed by atoms with Crippen molar-refractivity contribution in [1.82, 2.24) is 4.90 Å². The second-order valence-corrected chi connectivity index (χ2v) is 4.18. The second-order valence-electron chi connectivity index (χ2n) is 4.18. The minimum atomic E-state index is -0.431. The van der Waals surface area contributed by atoms with Gasteiger partial charge in [-0.3, -0.25) is 4.79 Å². The molecule has 1 aromatic carbocycles. The first kappa shape index (κ1) is 11.7. The monoisotopic (exact) mass is 237 g/mol. The summed E-state index contributed by atoms with van der Waals surface area (Å²) >= 11 is 0. The summed E-state index contributed by atoms with van der Waals surface area (Å²) in [6.45, 7) is 1.75. The summed E-state index contributed by atoms with van der Waals surface area (Å²) in [5, 5.41) is 2.80. The third-order valence-electron chi connectivity index (χ3n) is 2.88. The van der Waals surface area contributed by atoms with Crippen LogP contribution in [0.25, 0.3) is 0 Å². The second kappa shape index (κ2) is 5.03. The van der Waals surface area contributed by atoms with Gasteiger partial charge < -0.3 is 16.0 Å². The van der Waals surface area contributed by atoms with Crippen LogP contribution in [0.15, 0.2) is 18.2 Å². The first-order chi connectivity index (χ1) is 8.16. The Morgan fingerprint density at radius 3 is 2.76 bits per heavy atom. The van der Waals surface area contributed by atoms with E-state index in [9.17, 15) is 9.18 Å². The van der Waals surface area contributed by atoms with E-state index >= 15 is 0 Å². The fourth-order valence-corrected chi connectivity index (χ4v) is 1.92. The van der Waals surface area contributed by atoms with Crippen molar-refractivity contribution in [2.75, 3.05) is 30.7 Å². The summed E-state index contributed by atoms with van der Waals surface area (Å²) < 4.78 is 13.4. The lowest BCUT2D eigenvalue weighted by Gasteiger charge is -2.16. The lowest BCUT2D eigenvalue weighted by atomic mass is 10.2. The number of halogens is 1. The number of nitrogens with zero attached hydrogens (tertiary/aromatic N) is 1. The lowest BCUT2D eigenvalue weighted by molar-refractivity contribution is -0.128. The van der Waals surface area contributed by atoms with Crippen molar-refractivity contribution in [3.63, 3.8) is 0 Å². The number of nitrogen functional groups attached to an aromatic ring is 1. The first-order valence-corrected chi connectivity index (χ1v) is 5.73. The van der Waals surface area contributed by atoms with Crippen LogP contribution in [0.2, 0.25) is 0 Å². The zero-order valence-corrected chi connectivity index (χ0v) is 9.58. The largest absolute Gasteiger partial charge is 0.399 e. The van der Waals surface area contributed by atoms with Gasteiger partial charge in [-0.05, 0) is 31.0 Å². The minimum absolute atomic E-state index is 0.0127. The van der Waals surface area contributed by atoms with Crippen molar-refractivity contribution in [1.29, 1.82) is 0 Å². The first-order valence-electron chi connectivity index (χ1n) is 5.73. The summed E-state index contributed by atoms with van der Waals surface area (Å²) in [6, 6.07) is 4.39. The Labute approximate surface area is 99.6 Å². The molecular weight excluding hydrogens is 221 g/mol. The number of carbonyl (C=O) groups excluding carboxylic acids is 1. The maximum absolute atomic E-state index is 13.4. The molecule has 0 unspecified atom stereocenters. The molecule has 1 heterocycles. The molecule has 1 aliphatic heterocycles. The van der Waals surface area contributed by atoms with Crippen LogP contribution in [0.5, 0.6) is 0 Å². The number of nitrogens with one attached hydrogen (secondary N) is 1. The van der Waals surface area contributed by atoms with Gasteiger partial charge in [0.2, 0.25) is 5.91 Å². The zero-order chi connectivity index (χ0) is 12.3. The summed E-state index contributed by atoms with van der Waals surface area (Å²) in [6.07, 6.45) is 2.12. The zero-order valence-electron chi connectivity index (χ0n) is 9.58. The number of hydrogen-bond acceptors (Lipinski definition) is 3. The van der Waals surface area contributed by atoms with Gasteiger partial charge in [-0.15, -0.1) is 0 Å². The molecule has 1 saturated heterocycles. The summed E-state index contributed by atoms with van der Waals surface area (Å²) in [5.74, 6) is -0.419. The number of rotatable bonds is 3. The van der Waals surface area contributed by atoms with Crippen molar-refractivity contribution in [3.8, 4) is 0 Å². The highest BCUT2D eigenvalue weighted by Gasteiger charge is 2.17. The van der Waals surface area contributed by atoms with Crippen molar-refractivity contribution >= 4 is 17.3 Å². The highest BCUT2D eigenvalue weighted by molar-refractivity contribution is 5.81. The third kappa shape index (κ3) is 2.87. The summed E-state index contributed by atoms with van der Waals surface area (Å²) in [4.78, 5) is 13.5. The highest BCUT2D eigenvalue weighted by Crippen LogP contribution is 2.16. The fourth-order valence-electron chi connectivity index (χ4n) is 1.92. The molecule has 1 fully saturated rings. The smallest absolute Gasteiger partial charge is 0.241 e. The standard InChI is InChI=1S/C12H16FN3O/c13-10-7-9(14)3-4-11(10)15-8-12(17)16-5-1-2-6-16/h3-4,7,15H,1-2,5-6,8,14H2. The molecule has 0 saturated carbocycles. The molecular formula is C12H16FN3O. The van der Waals surface area contributed by atoms with E-state index in [2.05, 4.69) is 5.32 Å². The van der Waals surface area contributed by atoms with E-state index in [1.54, 1.807) is 17.0 Å². The number of amides is 1. The van der Waals surface area contributed by atoms with Crippen molar-refractivity contribution in [2.24, 2.45) is 0 Å². The molecule has 2 rings (SSSR count). The Kier molecular flexibility index (Phi) is 3.46. The van der Waals surface area contributed by atoms with Crippen molar-refractivity contribution < 1.29 is 9.18 Å². The number of carbonyl (C=O) groups is 1. The molecule has 0 radical (unpaired) electrons. The molecule has 92 valence electrons. The maximum Gasteiger partial charge on any atom is 0.241 e. The normalized spacial score (nSPS) is 15.0. The van der Waals surface area contributed by atoms with E-state index in [1.807, 2.05) is 0 Å². The van der Waals surface area contributed by atoms with Gasteiger partial charge in [0.15, 0.2) is 0 Å². The van der Waals surface area contributed by atoms with Gasteiger partial charge in [-0.1, -0.05) is 0 Å². The van der Waals surface area contributed by atoms with E-state index in [0.29, 0.717) is 11.4 Å². The molecule has 4 nitrogen and oxygen atoms in total. The fraction of sp³-hybridized carbons (Fsp3) is 0.417. The van der Waals surface area contributed by atoms with Gasteiger partial charge in [0.1, 0.15) is 5.82 Å². The van der Waals surface area contributed by atoms with Crippen LogP contribution in [-0.2, 0) is 4.79 Å². The maximum atomic E-state index is 13.4. The van der Waals surface area contributed by atoms with Crippen molar-refractivity contribution in [3.05, 3.63) is 24.0 Å². The summed E-state index contributed by atoms with van der Waals surface area (Å²) in [5.41, 5.74) is 6.13. The molecule has 1 aliphatic rings. The number of likely N-dealkylation sites (tertiary alicyclic amines) is 1. The molecule has 5 heteroatoms. The Balaban J connectivity index is 1.90. The minimum Gasteiger partial charge on any atom is -0.399 e. The molecule has 0 atom stereocenters. The van der Waals surface area contributed by atoms with E-state index in [-0.39, 0.29) is 12.5 Å². The van der Waals surface area contributed by atoms with Crippen molar-refractivity contribution in [2.45, 2.75) is 12.8 Å². The van der Waals surface area contributed by atoms with Gasteiger partial charge in [-0.25, -0.2) is 4.39 Å². The van der Waals surface area contributed by atoms with Crippen LogP contribution in [0.4, 0.5) is 15.8 Å². The Hall–Kier alpha value is -1.78. The van der Waals surface area contributed by atoms with Crippen LogP contribution in [-0.4, -0.2) is 30.4 Å². The molecule has 3 N–H and O–H groups in total. The quantitative estimate of drug-likeness (QED) is 0.782. The average molecular weight is 237 g/mol. The van der Waals surface area contributed by atoms with Gasteiger partial charge >= 0.3 is 0 Å². The molecule has 0 spiro atoms. The molecule has 0 aromatic heterocycles. The average Bonchev–Trinajstić information content (AvgIpc) is 2.81. The molecule has 1 aromatic rings. The SMILES string of the molecule is Nc1ccc(NCC(=O)N2CCCC2)c(F)c1. The number of nitrogens with two attached hydrogens (primary N) is 1. The van der Waals surface area contributed by atoms with Crippen LogP contribution >= 0.6 is 0 Å². The summed E-state index contributed by atoms with van der Waals surface area (Å²) in [7, 11) is 0. The van der Waals surface area contributed by atoms with E-state index in [4.69, 9.17) is 5.73 Å². The van der Waals surface area contributed by atoms with Gasteiger partial charge in [0.25, 0.3) is 0 Å². The van der Waals surface area contributed by atoms with Crippen LogP contribution < -0.4 is 11.1 Å². The third-order valence-corrected chi connectivity index (χ3v) is 2.88. The number of anilines is 2. The number of benzene rings is 1. The van der Waals surface area contributed by atoms with E-state index < -0.39 is 5.82 Å². The van der Waals surface area contributed by atoms with Crippen LogP contribution in [0.3, 0.4) is 0 Å². The van der Waals surface area contributed by atoms with Gasteiger partial charge in [0, 0.05) is 18.8 Å². The Morgan fingerprint density at radius 2 is 2.12 bits per heavy atom. The lowest BCUT2D eigenvalue weighted by Crippen LogP contribution is -2.33. The predicted molar refractivity (Wildman–Crippen MR) is 65.1 cm³/mol. The molecule has 0 aliphatic carbocycles. The molecule has 17 heavy (non-hydrogen) atoms. The van der Waals surface area contributed by atoms with Gasteiger partial charge in [0.05, 0.1) is 12.2 Å². The highest BCUT2D eigenvalue weighted by atomic mass is 19.1. The van der Waals surface area contributed by atoms with Crippen LogP contribution in [0.1, 0.15) is 12.8 Å². The Morgan fingerprint density at radius 1 is 1.41 bits per heavy atom. The topological polar surface area (TPSA) is 58.4 Å². The predicted octanol–water partition coefficient (Wildman–Crippen LogP) is 1.44. The number of hydrogen-bond donors (Lipinski definition) is 2.